The number of carbonyl (C=O) groups excluding carboxylic acids is 2. The minimum absolute atomic E-state index is 0.0354. The number of aryl methyl sites for hydroxylation is 1. The Morgan fingerprint density at radius 3 is 2.43 bits per heavy atom. The van der Waals surface area contributed by atoms with Crippen LogP contribution in [0.25, 0.3) is 10.6 Å². The van der Waals surface area contributed by atoms with Gasteiger partial charge in [0.1, 0.15) is 15.7 Å². The molecule has 0 unspecified atom stereocenters. The number of amides is 2. The molecule has 2 amide bonds. The van der Waals surface area contributed by atoms with Gasteiger partial charge in [0.15, 0.2) is 11.5 Å². The molecule has 0 saturated carbocycles. The number of thiazole rings is 1. The molecule has 3 rings (SSSR count). The molecule has 2 N–H and O–H groups in total. The Kier molecular flexibility index (Phi) is 6.31. The summed E-state index contributed by atoms with van der Waals surface area (Å²) in [6.07, 6.45) is 0. The average molecular weight is 429 g/mol. The van der Waals surface area contributed by atoms with Gasteiger partial charge in [-0.15, -0.1) is 11.3 Å². The summed E-state index contributed by atoms with van der Waals surface area (Å²) in [5.41, 5.74) is 1.62. The summed E-state index contributed by atoms with van der Waals surface area (Å²) in [6.45, 7) is 3.05. The van der Waals surface area contributed by atoms with E-state index in [1.807, 2.05) is 6.07 Å². The molecular formula is C21H20FN3O4S. The molecule has 0 radical (unpaired) electrons. The molecule has 30 heavy (non-hydrogen) atoms. The zero-order chi connectivity index (χ0) is 21.8. The highest BCUT2D eigenvalue weighted by Gasteiger charge is 2.19. The van der Waals surface area contributed by atoms with E-state index in [2.05, 4.69) is 15.6 Å². The van der Waals surface area contributed by atoms with Gasteiger partial charge in [-0.1, -0.05) is 0 Å². The van der Waals surface area contributed by atoms with E-state index in [-0.39, 0.29) is 11.6 Å². The van der Waals surface area contributed by atoms with Gasteiger partial charge in [0.25, 0.3) is 5.91 Å². The molecule has 156 valence electrons. The summed E-state index contributed by atoms with van der Waals surface area (Å²) < 4.78 is 24.7. The van der Waals surface area contributed by atoms with E-state index in [4.69, 9.17) is 9.47 Å². The van der Waals surface area contributed by atoms with E-state index in [1.54, 1.807) is 26.2 Å². The van der Waals surface area contributed by atoms with Crippen molar-refractivity contribution < 1.29 is 23.5 Å². The van der Waals surface area contributed by atoms with Gasteiger partial charge in [-0.25, -0.2) is 9.37 Å². The second-order valence-electron chi connectivity index (χ2n) is 6.33. The number of ether oxygens (including phenoxy) is 2. The summed E-state index contributed by atoms with van der Waals surface area (Å²) in [5.74, 6) is -0.264. The highest BCUT2D eigenvalue weighted by molar-refractivity contribution is 7.17. The number of rotatable bonds is 6. The number of carbonyl (C=O) groups is 2. The number of nitrogens with zero attached hydrogens (tertiary/aromatic N) is 1. The molecular weight excluding hydrogens is 409 g/mol. The van der Waals surface area contributed by atoms with Gasteiger partial charge in [-0.2, -0.15) is 0 Å². The quantitative estimate of drug-likeness (QED) is 0.603. The largest absolute Gasteiger partial charge is 0.493 e. The fourth-order valence-electron chi connectivity index (χ4n) is 2.78. The Morgan fingerprint density at radius 1 is 1.03 bits per heavy atom. The summed E-state index contributed by atoms with van der Waals surface area (Å²) in [6, 6.07) is 9.30. The van der Waals surface area contributed by atoms with E-state index in [0.29, 0.717) is 32.8 Å². The number of methoxy groups -OCH3 is 2. The summed E-state index contributed by atoms with van der Waals surface area (Å²) >= 11 is 1.18. The fraction of sp³-hybridized carbons (Fsp3) is 0.190. The van der Waals surface area contributed by atoms with Crippen LogP contribution in [0.4, 0.5) is 15.8 Å². The van der Waals surface area contributed by atoms with Crippen LogP contribution in [0.3, 0.4) is 0 Å². The van der Waals surface area contributed by atoms with Gasteiger partial charge in [0.2, 0.25) is 5.91 Å². The number of hydrogen-bond acceptors (Lipinski definition) is 6. The number of hydrogen-bond donors (Lipinski definition) is 2. The van der Waals surface area contributed by atoms with Crippen molar-refractivity contribution in [3.63, 3.8) is 0 Å². The molecule has 0 spiro atoms. The van der Waals surface area contributed by atoms with Crippen LogP contribution >= 0.6 is 11.3 Å². The van der Waals surface area contributed by atoms with Crippen molar-refractivity contribution in [1.29, 1.82) is 0 Å². The van der Waals surface area contributed by atoms with E-state index >= 15 is 0 Å². The van der Waals surface area contributed by atoms with Crippen LogP contribution in [0.5, 0.6) is 11.5 Å². The summed E-state index contributed by atoms with van der Waals surface area (Å²) in [5, 5.41) is 5.72. The highest BCUT2D eigenvalue weighted by Crippen LogP contribution is 2.35. The SMILES string of the molecule is COc1ccc(-c2nc(C)c(C(=O)Nc3cc(NC(C)=O)ccc3F)s2)cc1OC. The van der Waals surface area contributed by atoms with Crippen LogP contribution in [-0.2, 0) is 4.79 Å². The van der Waals surface area contributed by atoms with Crippen molar-refractivity contribution in [2.45, 2.75) is 13.8 Å². The monoisotopic (exact) mass is 429 g/mol. The smallest absolute Gasteiger partial charge is 0.267 e. The predicted octanol–water partition coefficient (Wildman–Crippen LogP) is 4.49. The van der Waals surface area contributed by atoms with Crippen LogP contribution in [0, 0.1) is 12.7 Å². The number of nitrogens with one attached hydrogen (secondary N) is 2. The lowest BCUT2D eigenvalue weighted by Gasteiger charge is -2.09. The first kappa shape index (κ1) is 21.3. The van der Waals surface area contributed by atoms with E-state index in [1.165, 1.54) is 43.6 Å². The molecule has 3 aromatic rings. The molecule has 1 aromatic heterocycles. The molecule has 0 aliphatic rings. The maximum Gasteiger partial charge on any atom is 0.267 e. The van der Waals surface area contributed by atoms with Crippen molar-refractivity contribution in [1.82, 2.24) is 4.98 Å². The zero-order valence-corrected chi connectivity index (χ0v) is 17.6. The second-order valence-corrected chi connectivity index (χ2v) is 7.33. The number of aromatic nitrogens is 1. The Bertz CT molecular complexity index is 1110. The molecule has 0 atom stereocenters. The van der Waals surface area contributed by atoms with E-state index < -0.39 is 11.7 Å². The number of halogens is 1. The third kappa shape index (κ3) is 4.57. The third-order valence-electron chi connectivity index (χ3n) is 4.17. The Hall–Kier alpha value is -3.46. The lowest BCUT2D eigenvalue weighted by Crippen LogP contribution is -2.13. The standard InChI is InChI=1S/C21H20FN3O4S/c1-11-19(20(27)25-16-10-14(24-12(2)26)6-7-15(16)22)30-21(23-11)13-5-8-17(28-3)18(9-13)29-4/h5-10H,1-4H3,(H,24,26)(H,25,27). The molecule has 2 aromatic carbocycles. The molecule has 0 aliphatic carbocycles. The number of anilines is 2. The maximum atomic E-state index is 14.1. The molecule has 0 aliphatic heterocycles. The third-order valence-corrected chi connectivity index (χ3v) is 5.37. The fourth-order valence-corrected chi connectivity index (χ4v) is 3.74. The second kappa shape index (κ2) is 8.91. The molecule has 0 bridgehead atoms. The molecule has 9 heteroatoms. The van der Waals surface area contributed by atoms with Crippen molar-refractivity contribution >= 4 is 34.5 Å². The lowest BCUT2D eigenvalue weighted by molar-refractivity contribution is -0.114. The van der Waals surface area contributed by atoms with Crippen molar-refractivity contribution in [2.24, 2.45) is 0 Å². The lowest BCUT2D eigenvalue weighted by atomic mass is 10.2. The molecule has 0 fully saturated rings. The van der Waals surface area contributed by atoms with Crippen molar-refractivity contribution in [2.75, 3.05) is 24.9 Å². The topological polar surface area (TPSA) is 89.5 Å². The minimum Gasteiger partial charge on any atom is -0.493 e. The van der Waals surface area contributed by atoms with Gasteiger partial charge < -0.3 is 20.1 Å². The normalized spacial score (nSPS) is 10.4. The van der Waals surface area contributed by atoms with Crippen LogP contribution in [0.15, 0.2) is 36.4 Å². The average Bonchev–Trinajstić information content (AvgIpc) is 3.11. The van der Waals surface area contributed by atoms with Crippen LogP contribution in [0.2, 0.25) is 0 Å². The first-order valence-electron chi connectivity index (χ1n) is 8.90. The van der Waals surface area contributed by atoms with Crippen LogP contribution in [0.1, 0.15) is 22.3 Å². The van der Waals surface area contributed by atoms with Gasteiger partial charge in [0.05, 0.1) is 25.6 Å². The van der Waals surface area contributed by atoms with Gasteiger partial charge in [0, 0.05) is 18.2 Å². The van der Waals surface area contributed by atoms with E-state index in [9.17, 15) is 14.0 Å². The first-order chi connectivity index (χ1) is 14.3. The van der Waals surface area contributed by atoms with Crippen LogP contribution in [-0.4, -0.2) is 31.0 Å². The first-order valence-corrected chi connectivity index (χ1v) is 9.72. The minimum atomic E-state index is -0.611. The van der Waals surface area contributed by atoms with Gasteiger partial charge >= 0.3 is 0 Å². The predicted molar refractivity (Wildman–Crippen MR) is 114 cm³/mol. The molecule has 1 heterocycles. The zero-order valence-electron chi connectivity index (χ0n) is 16.8. The summed E-state index contributed by atoms with van der Waals surface area (Å²) in [4.78, 5) is 28.8. The van der Waals surface area contributed by atoms with Crippen molar-refractivity contribution in [3.8, 4) is 22.1 Å². The van der Waals surface area contributed by atoms with Gasteiger partial charge in [-0.3, -0.25) is 9.59 Å². The maximum absolute atomic E-state index is 14.1. The van der Waals surface area contributed by atoms with E-state index in [0.717, 1.165) is 5.56 Å². The Labute approximate surface area is 176 Å². The Balaban J connectivity index is 1.87. The van der Waals surface area contributed by atoms with Crippen molar-refractivity contribution in [3.05, 3.63) is 52.8 Å². The highest BCUT2D eigenvalue weighted by atomic mass is 32.1. The molecule has 7 nitrogen and oxygen atoms in total. The summed E-state index contributed by atoms with van der Waals surface area (Å²) in [7, 11) is 3.09. The number of benzene rings is 2. The Morgan fingerprint density at radius 2 is 1.77 bits per heavy atom. The van der Waals surface area contributed by atoms with Crippen LogP contribution < -0.4 is 20.1 Å². The molecule has 0 saturated heterocycles. The van der Waals surface area contributed by atoms with Gasteiger partial charge in [-0.05, 0) is 43.3 Å².